The van der Waals surface area contributed by atoms with Crippen molar-refractivity contribution in [3.05, 3.63) is 64.6 Å². The van der Waals surface area contributed by atoms with Gasteiger partial charge in [0.2, 0.25) is 11.8 Å². The molecule has 2 aromatic carbocycles. The molecule has 4 rings (SSSR count). The van der Waals surface area contributed by atoms with Gasteiger partial charge >= 0.3 is 0 Å². The Morgan fingerprint density at radius 2 is 2.07 bits per heavy atom. The number of fused-ring (bicyclic) bond motifs is 1. The molecule has 0 unspecified atom stereocenters. The molecular weight excluding hydrogens is 382 g/mol. The van der Waals surface area contributed by atoms with Crippen molar-refractivity contribution in [2.24, 2.45) is 0 Å². The summed E-state index contributed by atoms with van der Waals surface area (Å²) >= 11 is 1.56. The molecule has 5 nitrogen and oxygen atoms in total. The molecule has 29 heavy (non-hydrogen) atoms. The van der Waals surface area contributed by atoms with E-state index in [0.29, 0.717) is 25.8 Å². The number of nitrogens with one attached hydrogen (secondary N) is 2. The first-order valence-electron chi connectivity index (χ1n) is 10.0. The summed E-state index contributed by atoms with van der Waals surface area (Å²) in [5, 5.41) is 10.6. The van der Waals surface area contributed by atoms with Crippen molar-refractivity contribution in [2.75, 3.05) is 6.54 Å². The second-order valence-corrected chi connectivity index (χ2v) is 8.49. The zero-order chi connectivity index (χ0) is 20.1. The molecule has 2 heterocycles. The standard InChI is InChI=1S/C23H25N3O2S/c27-21(24-12-9-20-15-29-16-25-20)7-10-23(11-8-22(28)26-23)14-17-5-6-18-3-1-2-4-19(18)13-17/h1-6,13,15-16H,7-12,14H2,(H,24,27)(H,26,28)/t23-/m0/s1. The van der Waals surface area contributed by atoms with Crippen LogP contribution in [0.2, 0.25) is 0 Å². The maximum Gasteiger partial charge on any atom is 0.220 e. The van der Waals surface area contributed by atoms with Crippen molar-refractivity contribution in [3.8, 4) is 0 Å². The lowest BCUT2D eigenvalue weighted by molar-refractivity contribution is -0.122. The van der Waals surface area contributed by atoms with E-state index in [-0.39, 0.29) is 17.4 Å². The number of carbonyl (C=O) groups excluding carboxylic acids is 2. The maximum atomic E-state index is 12.3. The van der Waals surface area contributed by atoms with Crippen LogP contribution in [0.5, 0.6) is 0 Å². The Morgan fingerprint density at radius 1 is 1.21 bits per heavy atom. The zero-order valence-corrected chi connectivity index (χ0v) is 17.1. The van der Waals surface area contributed by atoms with Gasteiger partial charge in [-0.3, -0.25) is 9.59 Å². The third kappa shape index (κ3) is 5.01. The molecule has 1 aliphatic rings. The first kappa shape index (κ1) is 19.6. The van der Waals surface area contributed by atoms with E-state index in [2.05, 4.69) is 45.9 Å². The number of nitrogens with zero attached hydrogens (tertiary/aromatic N) is 1. The van der Waals surface area contributed by atoms with E-state index in [4.69, 9.17) is 0 Å². The van der Waals surface area contributed by atoms with E-state index in [1.807, 2.05) is 17.5 Å². The molecule has 0 radical (unpaired) electrons. The van der Waals surface area contributed by atoms with E-state index in [0.717, 1.165) is 25.0 Å². The maximum absolute atomic E-state index is 12.3. The van der Waals surface area contributed by atoms with Gasteiger partial charge in [-0.25, -0.2) is 4.98 Å². The molecule has 1 aliphatic heterocycles. The Kier molecular flexibility index (Phi) is 5.90. The zero-order valence-electron chi connectivity index (χ0n) is 16.3. The predicted molar refractivity (Wildman–Crippen MR) is 116 cm³/mol. The van der Waals surface area contributed by atoms with Gasteiger partial charge in [-0.05, 0) is 35.6 Å². The van der Waals surface area contributed by atoms with Gasteiger partial charge in [0.1, 0.15) is 0 Å². The Morgan fingerprint density at radius 3 is 2.83 bits per heavy atom. The number of hydrogen-bond acceptors (Lipinski definition) is 4. The van der Waals surface area contributed by atoms with Crippen molar-refractivity contribution in [1.29, 1.82) is 0 Å². The van der Waals surface area contributed by atoms with Crippen LogP contribution >= 0.6 is 11.3 Å². The second kappa shape index (κ2) is 8.74. The Hall–Kier alpha value is -2.73. The first-order valence-corrected chi connectivity index (χ1v) is 11.0. The summed E-state index contributed by atoms with van der Waals surface area (Å²) < 4.78 is 0. The van der Waals surface area contributed by atoms with Crippen molar-refractivity contribution in [2.45, 2.75) is 44.1 Å². The van der Waals surface area contributed by atoms with E-state index in [9.17, 15) is 9.59 Å². The lowest BCUT2D eigenvalue weighted by atomic mass is 9.84. The number of carbonyl (C=O) groups is 2. The van der Waals surface area contributed by atoms with Gasteiger partial charge in [-0.2, -0.15) is 0 Å². The minimum absolute atomic E-state index is 0.0271. The fraction of sp³-hybridized carbons (Fsp3) is 0.348. The molecule has 0 aliphatic carbocycles. The summed E-state index contributed by atoms with van der Waals surface area (Å²) in [6, 6.07) is 14.7. The number of benzene rings is 2. The number of rotatable bonds is 8. The van der Waals surface area contributed by atoms with Crippen molar-refractivity contribution < 1.29 is 9.59 Å². The topological polar surface area (TPSA) is 71.1 Å². The third-order valence-electron chi connectivity index (χ3n) is 5.61. The second-order valence-electron chi connectivity index (χ2n) is 7.77. The van der Waals surface area contributed by atoms with Gasteiger partial charge < -0.3 is 10.6 Å². The van der Waals surface area contributed by atoms with E-state index in [1.165, 1.54) is 16.3 Å². The average Bonchev–Trinajstić information content (AvgIpc) is 3.37. The smallest absolute Gasteiger partial charge is 0.220 e. The fourth-order valence-electron chi connectivity index (χ4n) is 4.05. The summed E-state index contributed by atoms with van der Waals surface area (Å²) in [5.74, 6) is 0.106. The molecule has 1 atom stereocenters. The highest BCUT2D eigenvalue weighted by atomic mass is 32.1. The normalized spacial score (nSPS) is 18.7. The minimum Gasteiger partial charge on any atom is -0.356 e. The van der Waals surface area contributed by atoms with Gasteiger partial charge in [0, 0.05) is 36.7 Å². The third-order valence-corrected chi connectivity index (χ3v) is 6.24. The predicted octanol–water partition coefficient (Wildman–Crippen LogP) is 3.63. The molecule has 2 amide bonds. The van der Waals surface area contributed by atoms with E-state index < -0.39 is 0 Å². The van der Waals surface area contributed by atoms with Crippen LogP contribution in [0.4, 0.5) is 0 Å². The number of thiazole rings is 1. The lowest BCUT2D eigenvalue weighted by Gasteiger charge is -2.29. The van der Waals surface area contributed by atoms with Gasteiger partial charge in [-0.1, -0.05) is 42.5 Å². The van der Waals surface area contributed by atoms with Crippen LogP contribution < -0.4 is 10.6 Å². The SMILES string of the molecule is O=C(CC[C@@]1(Cc2ccc3ccccc3c2)CCC(=O)N1)NCCc1cscn1. The van der Waals surface area contributed by atoms with Crippen molar-refractivity contribution >= 4 is 33.9 Å². The van der Waals surface area contributed by atoms with E-state index in [1.54, 1.807) is 16.8 Å². The van der Waals surface area contributed by atoms with Gasteiger partial charge in [0.25, 0.3) is 0 Å². The van der Waals surface area contributed by atoms with E-state index >= 15 is 0 Å². The molecule has 1 aromatic heterocycles. The highest BCUT2D eigenvalue weighted by Gasteiger charge is 2.37. The number of amides is 2. The van der Waals surface area contributed by atoms with Crippen LogP contribution in [-0.2, 0) is 22.4 Å². The number of hydrogen-bond donors (Lipinski definition) is 2. The van der Waals surface area contributed by atoms with Crippen LogP contribution in [0.25, 0.3) is 10.8 Å². The van der Waals surface area contributed by atoms with Crippen LogP contribution in [0, 0.1) is 0 Å². The molecule has 1 fully saturated rings. The monoisotopic (exact) mass is 407 g/mol. The molecule has 0 bridgehead atoms. The van der Waals surface area contributed by atoms with Crippen LogP contribution in [0.1, 0.15) is 36.9 Å². The summed E-state index contributed by atoms with van der Waals surface area (Å²) in [5.41, 5.74) is 3.66. The summed E-state index contributed by atoms with van der Waals surface area (Å²) in [4.78, 5) is 28.6. The Bertz CT molecular complexity index is 1000. The quantitative estimate of drug-likeness (QED) is 0.599. The molecule has 0 saturated carbocycles. The first-order chi connectivity index (χ1) is 14.1. The van der Waals surface area contributed by atoms with Gasteiger partial charge in [-0.15, -0.1) is 11.3 Å². The Labute approximate surface area is 174 Å². The number of aromatic nitrogens is 1. The molecule has 2 N–H and O–H groups in total. The van der Waals surface area contributed by atoms with Crippen LogP contribution in [0.15, 0.2) is 53.4 Å². The summed E-state index contributed by atoms with van der Waals surface area (Å²) in [6.45, 7) is 0.590. The summed E-state index contributed by atoms with van der Waals surface area (Å²) in [7, 11) is 0. The molecule has 3 aromatic rings. The van der Waals surface area contributed by atoms with Gasteiger partial charge in [0.05, 0.1) is 11.2 Å². The largest absolute Gasteiger partial charge is 0.356 e. The van der Waals surface area contributed by atoms with Crippen molar-refractivity contribution in [1.82, 2.24) is 15.6 Å². The lowest BCUT2D eigenvalue weighted by Crippen LogP contribution is -2.44. The van der Waals surface area contributed by atoms with Crippen LogP contribution in [0.3, 0.4) is 0 Å². The molecule has 150 valence electrons. The molecule has 1 saturated heterocycles. The van der Waals surface area contributed by atoms with Gasteiger partial charge in [0.15, 0.2) is 0 Å². The molecule has 6 heteroatoms. The highest BCUT2D eigenvalue weighted by molar-refractivity contribution is 7.07. The fourth-order valence-corrected chi connectivity index (χ4v) is 4.65. The molecular formula is C23H25N3O2S. The minimum atomic E-state index is -0.341. The Balaban J connectivity index is 1.37. The summed E-state index contributed by atoms with van der Waals surface area (Å²) in [6.07, 6.45) is 3.84. The average molecular weight is 408 g/mol. The molecule has 0 spiro atoms. The van der Waals surface area contributed by atoms with Crippen molar-refractivity contribution in [3.63, 3.8) is 0 Å². The highest BCUT2D eigenvalue weighted by Crippen LogP contribution is 2.30. The van der Waals surface area contributed by atoms with Crippen LogP contribution in [-0.4, -0.2) is 28.9 Å².